The summed E-state index contributed by atoms with van der Waals surface area (Å²) in [5, 5.41) is 0. The molecule has 0 nitrogen and oxygen atoms in total. The van der Waals surface area contributed by atoms with E-state index in [0.717, 1.165) is 0 Å². The minimum Gasteiger partial charge on any atom is -0.166 e. The van der Waals surface area contributed by atoms with E-state index in [9.17, 15) is 105 Å². The van der Waals surface area contributed by atoms with E-state index < -0.39 is 196 Å². The van der Waals surface area contributed by atoms with Crippen LogP contribution < -0.4 is 0 Å². The van der Waals surface area contributed by atoms with Crippen LogP contribution in [0.1, 0.15) is 44.5 Å². The van der Waals surface area contributed by atoms with Gasteiger partial charge in [0.15, 0.2) is 0 Å². The molecule has 0 spiro atoms. The molecule has 4 aromatic carbocycles. The fourth-order valence-corrected chi connectivity index (χ4v) is 9.29. The van der Waals surface area contributed by atoms with Crippen molar-refractivity contribution in [1.82, 2.24) is 0 Å². The summed E-state index contributed by atoms with van der Waals surface area (Å²) < 4.78 is 341. The topological polar surface area (TPSA) is 0 Å². The first-order valence-electron chi connectivity index (χ1n) is 14.3. The Hall–Kier alpha value is -4.45. The molecule has 0 unspecified atom stereocenters. The molecule has 0 atom stereocenters. The largest absolute Gasteiger partial charge is 0.416 e. The fourth-order valence-electron chi connectivity index (χ4n) is 5.23. The summed E-state index contributed by atoms with van der Waals surface area (Å²) in [6, 6.07) is -8.72. The Labute approximate surface area is 302 Å². The lowest BCUT2D eigenvalue weighted by Crippen LogP contribution is -2.19. The summed E-state index contributed by atoms with van der Waals surface area (Å²) in [4.78, 5) is -8.84. The smallest absolute Gasteiger partial charge is 0.166 e. The Bertz CT molecular complexity index is 1700. The molecule has 4 aromatic rings. The quantitative estimate of drug-likeness (QED) is 0.179. The molecule has 0 N–H and O–H groups in total. The fraction of sp³-hybridized carbons (Fsp3) is 0.250. The Morgan fingerprint density at radius 2 is 0.298 bits per heavy atom. The van der Waals surface area contributed by atoms with Crippen LogP contribution in [0, 0.1) is 0 Å². The lowest BCUT2D eigenvalue weighted by molar-refractivity contribution is -0.144. The van der Waals surface area contributed by atoms with Gasteiger partial charge in [0.1, 0.15) is 0 Å². The van der Waals surface area contributed by atoms with Crippen LogP contribution in [0.3, 0.4) is 0 Å². The van der Waals surface area contributed by atoms with Gasteiger partial charge >= 0.3 is 49.4 Å². The van der Waals surface area contributed by atoms with Crippen LogP contribution in [-0.4, -0.2) is 0 Å². The van der Waals surface area contributed by atoms with E-state index in [0.29, 0.717) is 0 Å². The van der Waals surface area contributed by atoms with Gasteiger partial charge in [-0.2, -0.15) is 105 Å². The zero-order valence-electron chi connectivity index (χ0n) is 26.4. The average Bonchev–Trinajstić information content (AvgIpc) is 3.01. The first-order valence-corrected chi connectivity index (χ1v) is 15.9. The molecule has 0 saturated heterocycles. The Balaban J connectivity index is 2.62. The second-order valence-corrected chi connectivity index (χ2v) is 14.7. The van der Waals surface area contributed by atoms with Gasteiger partial charge in [0, 0.05) is 19.6 Å². The van der Waals surface area contributed by atoms with Crippen molar-refractivity contribution in [2.75, 3.05) is 0 Å². The van der Waals surface area contributed by atoms with E-state index in [1.165, 1.54) is 0 Å². The molecule has 0 heterocycles. The van der Waals surface area contributed by atoms with Crippen molar-refractivity contribution in [3.05, 3.63) is 117 Å². The highest BCUT2D eigenvalue weighted by molar-refractivity contribution is 8.34. The second-order valence-electron chi connectivity index (χ2n) is 11.6. The highest BCUT2D eigenvalue weighted by Gasteiger charge is 2.48. The predicted octanol–water partition coefficient (Wildman–Crippen LogP) is 15.2. The van der Waals surface area contributed by atoms with Crippen molar-refractivity contribution in [2.24, 2.45) is 0 Å². The molecule has 0 saturated carbocycles. The third kappa shape index (κ3) is 9.48. The molecule has 0 aliphatic heterocycles. The Morgan fingerprint density at radius 1 is 0.193 bits per heavy atom. The lowest BCUT2D eigenvalue weighted by atomic mass is 10.1. The van der Waals surface area contributed by atoms with Crippen molar-refractivity contribution in [1.29, 1.82) is 0 Å². The van der Waals surface area contributed by atoms with Crippen LogP contribution in [0.4, 0.5) is 105 Å². The summed E-state index contributed by atoms with van der Waals surface area (Å²) >= 11 is 0. The molecule has 57 heavy (non-hydrogen) atoms. The molecule has 0 radical (unpaired) electrons. The normalized spacial score (nSPS) is 14.6. The van der Waals surface area contributed by atoms with Gasteiger partial charge < -0.3 is 0 Å². The van der Waals surface area contributed by atoms with E-state index >= 15 is 0 Å². The molecule has 25 heteroatoms. The minimum atomic E-state index is -6.17. The third-order valence-corrected chi connectivity index (χ3v) is 11.4. The molecule has 0 aliphatic rings. The number of halogens is 24. The van der Waals surface area contributed by atoms with Gasteiger partial charge in [-0.15, -0.1) is 10.0 Å². The van der Waals surface area contributed by atoms with Gasteiger partial charge in [-0.25, -0.2) is 0 Å². The molecule has 0 bridgehead atoms. The van der Waals surface area contributed by atoms with Crippen LogP contribution in [0.2, 0.25) is 0 Å². The van der Waals surface area contributed by atoms with Gasteiger partial charge in [-0.1, -0.05) is 0 Å². The van der Waals surface area contributed by atoms with Crippen LogP contribution in [0.5, 0.6) is 0 Å². The van der Waals surface area contributed by atoms with Crippen molar-refractivity contribution in [3.63, 3.8) is 0 Å². The number of rotatable bonds is 4. The highest BCUT2D eigenvalue weighted by atomic mass is 32.3. The maximum atomic E-state index is 14.2. The van der Waals surface area contributed by atoms with Gasteiger partial charge in [-0.3, -0.25) is 0 Å². The van der Waals surface area contributed by atoms with Crippen molar-refractivity contribution < 1.29 is 105 Å². The number of benzene rings is 4. The molecule has 0 aromatic heterocycles. The lowest BCUT2D eigenvalue weighted by Gasteiger charge is -2.44. The van der Waals surface area contributed by atoms with Gasteiger partial charge in [-0.05, 0) is 72.8 Å². The zero-order valence-corrected chi connectivity index (χ0v) is 27.2. The SMILES string of the molecule is FC(F)(F)c1cc(C(F)(F)F)cc(S(c2cc(C(F)(F)F)cc(C(F)(F)F)c2)(c2cc(C(F)(F)F)cc(C(F)(F)F)c2)c2cc(C(F)(F)F)cc(C(F)(F)F)c2)c1. The van der Waals surface area contributed by atoms with Gasteiger partial charge in [0.2, 0.25) is 0 Å². The summed E-state index contributed by atoms with van der Waals surface area (Å²) in [7, 11) is -6.17. The number of alkyl halides is 24. The average molecular weight is 884 g/mol. The first kappa shape index (κ1) is 45.3. The molecular weight excluding hydrogens is 872 g/mol. The monoisotopic (exact) mass is 884 g/mol. The Kier molecular flexibility index (Phi) is 11.0. The van der Waals surface area contributed by atoms with Crippen molar-refractivity contribution in [2.45, 2.75) is 69.0 Å². The molecule has 0 aliphatic carbocycles. The van der Waals surface area contributed by atoms with Crippen LogP contribution in [0.15, 0.2) is 92.4 Å². The van der Waals surface area contributed by atoms with E-state index in [1.54, 1.807) is 0 Å². The minimum absolute atomic E-state index is 0.681. The maximum Gasteiger partial charge on any atom is 0.416 e. The molecule has 4 rings (SSSR count). The molecule has 314 valence electrons. The third-order valence-electron chi connectivity index (χ3n) is 7.66. The maximum absolute atomic E-state index is 14.2. The molecule has 0 amide bonds. The van der Waals surface area contributed by atoms with Crippen LogP contribution in [0.25, 0.3) is 0 Å². The van der Waals surface area contributed by atoms with E-state index in [1.807, 2.05) is 0 Å². The van der Waals surface area contributed by atoms with Crippen LogP contribution in [-0.2, 0) is 49.4 Å². The predicted molar refractivity (Wildman–Crippen MR) is 146 cm³/mol. The van der Waals surface area contributed by atoms with Crippen molar-refractivity contribution >= 4 is 10.0 Å². The summed E-state index contributed by atoms with van der Waals surface area (Å²) in [6.45, 7) is 0. The number of hydrogen-bond donors (Lipinski definition) is 0. The number of hydrogen-bond acceptors (Lipinski definition) is 0. The standard InChI is InChI=1S/C32H12F24S/c33-25(34,35)13-1-14(26(36,37)38)6-21(5-13)57(22-7-15(27(39,40)41)2-16(8-22)28(42,43)44,23-9-17(29(45,46)47)3-18(10-23)30(48,49)50)24-11-19(31(51,52)53)4-20(12-24)32(54,55)56/h1-12H. The summed E-state index contributed by atoms with van der Waals surface area (Å²) in [6.07, 6.45) is -49.0. The van der Waals surface area contributed by atoms with Crippen LogP contribution >= 0.6 is 10.0 Å². The zero-order chi connectivity index (χ0) is 43.9. The van der Waals surface area contributed by atoms with E-state index in [2.05, 4.69) is 0 Å². The highest BCUT2D eigenvalue weighted by Crippen LogP contribution is 2.75. The van der Waals surface area contributed by atoms with Crippen molar-refractivity contribution in [3.8, 4) is 0 Å². The Morgan fingerprint density at radius 3 is 0.386 bits per heavy atom. The summed E-state index contributed by atoms with van der Waals surface area (Å²) in [5.41, 5.74) is -21.2. The van der Waals surface area contributed by atoms with E-state index in [4.69, 9.17) is 0 Å². The summed E-state index contributed by atoms with van der Waals surface area (Å²) in [5.74, 6) is 0. The molecule has 0 fully saturated rings. The van der Waals surface area contributed by atoms with Gasteiger partial charge in [0.25, 0.3) is 0 Å². The second kappa shape index (κ2) is 13.8. The van der Waals surface area contributed by atoms with E-state index in [-0.39, 0.29) is 0 Å². The molecular formula is C32H12F24S. The van der Waals surface area contributed by atoms with Gasteiger partial charge in [0.05, 0.1) is 44.5 Å². The first-order chi connectivity index (χ1) is 25.3.